The number of alkyl halides is 4. The van der Waals surface area contributed by atoms with E-state index in [-0.39, 0.29) is 24.5 Å². The SMILES string of the molecule is O=C(c1nc2n(n1)C(c1ccccc1)CC2F)C1CC1C(F)(F)F. The van der Waals surface area contributed by atoms with Crippen molar-refractivity contribution >= 4 is 5.78 Å². The summed E-state index contributed by atoms with van der Waals surface area (Å²) in [5.74, 6) is -3.82. The largest absolute Gasteiger partial charge is 0.392 e. The smallest absolute Gasteiger partial charge is 0.290 e. The van der Waals surface area contributed by atoms with Crippen LogP contribution in [0.15, 0.2) is 30.3 Å². The summed E-state index contributed by atoms with van der Waals surface area (Å²) in [6, 6.07) is 8.67. The van der Waals surface area contributed by atoms with Crippen molar-refractivity contribution in [3.05, 3.63) is 47.5 Å². The molecule has 2 heterocycles. The third-order valence-electron chi connectivity index (χ3n) is 4.62. The van der Waals surface area contributed by atoms with Gasteiger partial charge in [0.15, 0.2) is 12.0 Å². The van der Waals surface area contributed by atoms with Crippen LogP contribution < -0.4 is 0 Å². The lowest BCUT2D eigenvalue weighted by Crippen LogP contribution is -2.17. The Balaban J connectivity index is 1.61. The fourth-order valence-corrected chi connectivity index (χ4v) is 3.25. The van der Waals surface area contributed by atoms with Gasteiger partial charge in [0.05, 0.1) is 12.0 Å². The summed E-state index contributed by atoms with van der Waals surface area (Å²) in [6.07, 6.45) is -5.87. The van der Waals surface area contributed by atoms with E-state index in [1.807, 2.05) is 30.3 Å². The molecular weight excluding hydrogens is 326 g/mol. The van der Waals surface area contributed by atoms with E-state index < -0.39 is 36.0 Å². The molecule has 0 radical (unpaired) electrons. The highest BCUT2D eigenvalue weighted by Gasteiger charge is 2.59. The van der Waals surface area contributed by atoms with Crippen LogP contribution in [0.1, 0.15) is 47.1 Å². The predicted molar refractivity (Wildman–Crippen MR) is 75.1 cm³/mol. The summed E-state index contributed by atoms with van der Waals surface area (Å²) in [6.45, 7) is 0. The lowest BCUT2D eigenvalue weighted by Gasteiger charge is -2.11. The van der Waals surface area contributed by atoms with E-state index in [0.29, 0.717) is 0 Å². The number of carbonyl (C=O) groups is 1. The molecule has 1 aromatic carbocycles. The van der Waals surface area contributed by atoms with Crippen LogP contribution >= 0.6 is 0 Å². The fraction of sp³-hybridized carbons (Fsp3) is 0.438. The number of benzene rings is 1. The van der Waals surface area contributed by atoms with Crippen molar-refractivity contribution in [2.75, 3.05) is 0 Å². The molecule has 1 saturated carbocycles. The molecule has 4 atom stereocenters. The molecule has 0 saturated heterocycles. The lowest BCUT2D eigenvalue weighted by atomic mass is 10.0. The molecule has 2 aliphatic rings. The van der Waals surface area contributed by atoms with Gasteiger partial charge in [-0.2, -0.15) is 13.2 Å². The van der Waals surface area contributed by atoms with E-state index in [0.717, 1.165) is 5.56 Å². The number of Topliss-reactive ketones (excluding diaryl/α,β-unsaturated/α-hetero) is 1. The molecule has 1 aliphatic heterocycles. The van der Waals surface area contributed by atoms with E-state index in [9.17, 15) is 22.4 Å². The molecule has 0 spiro atoms. The molecule has 1 fully saturated rings. The Bertz CT molecular complexity index is 786. The zero-order chi connectivity index (χ0) is 17.1. The number of hydrogen-bond donors (Lipinski definition) is 0. The zero-order valence-electron chi connectivity index (χ0n) is 12.4. The fourth-order valence-electron chi connectivity index (χ4n) is 3.25. The number of halogens is 4. The maximum Gasteiger partial charge on any atom is 0.392 e. The normalized spacial score (nSPS) is 28.7. The van der Waals surface area contributed by atoms with Crippen LogP contribution in [0.5, 0.6) is 0 Å². The van der Waals surface area contributed by atoms with E-state index in [1.54, 1.807) is 0 Å². The Morgan fingerprint density at radius 3 is 2.50 bits per heavy atom. The molecule has 2 aromatic rings. The van der Waals surface area contributed by atoms with Crippen molar-refractivity contribution in [1.82, 2.24) is 14.8 Å². The molecule has 0 N–H and O–H groups in total. The van der Waals surface area contributed by atoms with Crippen LogP contribution in [-0.2, 0) is 0 Å². The van der Waals surface area contributed by atoms with Crippen molar-refractivity contribution in [3.63, 3.8) is 0 Å². The number of rotatable bonds is 3. The summed E-state index contributed by atoms with van der Waals surface area (Å²) in [4.78, 5) is 16.0. The highest BCUT2D eigenvalue weighted by atomic mass is 19.4. The molecule has 24 heavy (non-hydrogen) atoms. The van der Waals surface area contributed by atoms with Gasteiger partial charge in [0.2, 0.25) is 11.6 Å². The average molecular weight is 339 g/mol. The van der Waals surface area contributed by atoms with Crippen molar-refractivity contribution < 1.29 is 22.4 Å². The van der Waals surface area contributed by atoms with Crippen LogP contribution in [0.25, 0.3) is 0 Å². The van der Waals surface area contributed by atoms with Gasteiger partial charge in [0, 0.05) is 12.3 Å². The Hall–Kier alpha value is -2.25. The summed E-state index contributed by atoms with van der Waals surface area (Å²) in [5, 5.41) is 4.03. The number of ketones is 1. The van der Waals surface area contributed by atoms with Gasteiger partial charge in [0.25, 0.3) is 0 Å². The van der Waals surface area contributed by atoms with E-state index in [1.165, 1.54) is 4.68 Å². The third kappa shape index (κ3) is 2.40. The first kappa shape index (κ1) is 15.3. The van der Waals surface area contributed by atoms with Gasteiger partial charge in [-0.1, -0.05) is 30.3 Å². The van der Waals surface area contributed by atoms with E-state index in [2.05, 4.69) is 10.1 Å². The molecule has 4 unspecified atom stereocenters. The Morgan fingerprint density at radius 1 is 1.17 bits per heavy atom. The molecule has 4 rings (SSSR count). The van der Waals surface area contributed by atoms with E-state index >= 15 is 0 Å². The zero-order valence-corrected chi connectivity index (χ0v) is 12.4. The average Bonchev–Trinajstić information content (AvgIpc) is 3.16. The van der Waals surface area contributed by atoms with Gasteiger partial charge in [0.1, 0.15) is 0 Å². The van der Waals surface area contributed by atoms with Crippen LogP contribution in [0.2, 0.25) is 0 Å². The van der Waals surface area contributed by atoms with Crippen LogP contribution in [0.3, 0.4) is 0 Å². The molecule has 0 bridgehead atoms. The highest BCUT2D eigenvalue weighted by molar-refractivity contribution is 5.96. The minimum Gasteiger partial charge on any atom is -0.290 e. The number of nitrogens with zero attached hydrogens (tertiary/aromatic N) is 3. The van der Waals surface area contributed by atoms with Crippen molar-refractivity contribution in [3.8, 4) is 0 Å². The van der Waals surface area contributed by atoms with Crippen LogP contribution in [-0.4, -0.2) is 26.7 Å². The van der Waals surface area contributed by atoms with E-state index in [4.69, 9.17) is 0 Å². The molecular formula is C16H13F4N3O. The van der Waals surface area contributed by atoms with Gasteiger partial charge in [-0.25, -0.2) is 14.1 Å². The molecule has 126 valence electrons. The van der Waals surface area contributed by atoms with Crippen molar-refractivity contribution in [1.29, 1.82) is 0 Å². The summed E-state index contributed by atoms with van der Waals surface area (Å²) in [5.41, 5.74) is 0.822. The number of fused-ring (bicyclic) bond motifs is 1. The van der Waals surface area contributed by atoms with Crippen molar-refractivity contribution in [2.45, 2.75) is 31.2 Å². The molecule has 1 aromatic heterocycles. The number of carbonyl (C=O) groups excluding carboxylic acids is 1. The summed E-state index contributed by atoms with van der Waals surface area (Å²) < 4.78 is 53.4. The highest BCUT2D eigenvalue weighted by Crippen LogP contribution is 2.51. The monoisotopic (exact) mass is 339 g/mol. The topological polar surface area (TPSA) is 47.8 Å². The molecule has 8 heteroatoms. The standard InChI is InChI=1S/C16H13F4N3O/c17-11-7-12(8-4-2-1-3-5-8)23-15(11)21-14(22-23)13(24)9-6-10(9)16(18,19)20/h1-5,9-12H,6-7H2. The number of aromatic nitrogens is 3. The molecule has 4 nitrogen and oxygen atoms in total. The van der Waals surface area contributed by atoms with Gasteiger partial charge in [-0.3, -0.25) is 4.79 Å². The second kappa shape index (κ2) is 5.12. The molecule has 1 aliphatic carbocycles. The van der Waals surface area contributed by atoms with Gasteiger partial charge < -0.3 is 0 Å². The van der Waals surface area contributed by atoms with Crippen LogP contribution in [0, 0.1) is 11.8 Å². The predicted octanol–water partition coefficient (Wildman–Crippen LogP) is 3.66. The second-order valence-corrected chi connectivity index (χ2v) is 6.22. The summed E-state index contributed by atoms with van der Waals surface area (Å²) in [7, 11) is 0. The maximum absolute atomic E-state index is 14.2. The van der Waals surface area contributed by atoms with Gasteiger partial charge in [-0.15, -0.1) is 5.10 Å². The Morgan fingerprint density at radius 2 is 1.88 bits per heavy atom. The lowest BCUT2D eigenvalue weighted by molar-refractivity contribution is -0.149. The quantitative estimate of drug-likeness (QED) is 0.633. The Kier molecular flexibility index (Phi) is 3.26. The minimum absolute atomic E-state index is 0.0106. The maximum atomic E-state index is 14.2. The first-order chi connectivity index (χ1) is 11.4. The van der Waals surface area contributed by atoms with Crippen LogP contribution in [0.4, 0.5) is 17.6 Å². The third-order valence-corrected chi connectivity index (χ3v) is 4.62. The Labute approximate surface area is 134 Å². The first-order valence-corrected chi connectivity index (χ1v) is 7.62. The van der Waals surface area contributed by atoms with Gasteiger partial charge >= 0.3 is 6.18 Å². The van der Waals surface area contributed by atoms with Crippen molar-refractivity contribution in [2.24, 2.45) is 11.8 Å². The minimum atomic E-state index is -4.39. The first-order valence-electron chi connectivity index (χ1n) is 7.62. The number of hydrogen-bond acceptors (Lipinski definition) is 3. The summed E-state index contributed by atoms with van der Waals surface area (Å²) >= 11 is 0. The second-order valence-electron chi connectivity index (χ2n) is 6.22. The molecule has 0 amide bonds. The van der Waals surface area contributed by atoms with Gasteiger partial charge in [-0.05, 0) is 12.0 Å².